The second-order valence-corrected chi connectivity index (χ2v) is 10.4. The number of nitrogens with two attached hydrogens (primary N) is 1. The van der Waals surface area contributed by atoms with Gasteiger partial charge < -0.3 is 21.0 Å². The number of carbonyl (C=O) groups excluding carboxylic acids is 2. The predicted octanol–water partition coefficient (Wildman–Crippen LogP) is 0.458. The number of fused-ring (bicyclic) bond motifs is 1. The van der Waals surface area contributed by atoms with Crippen molar-refractivity contribution in [3.05, 3.63) is 28.5 Å². The number of thioether (sulfide) groups is 2. The van der Waals surface area contributed by atoms with Gasteiger partial charge in [0.2, 0.25) is 0 Å². The van der Waals surface area contributed by atoms with Gasteiger partial charge in [-0.15, -0.1) is 40.0 Å². The van der Waals surface area contributed by atoms with Crippen LogP contribution >= 0.6 is 46.4 Å². The topological polar surface area (TPSA) is 173 Å². The Morgan fingerprint density at radius 3 is 2.94 bits per heavy atom. The summed E-state index contributed by atoms with van der Waals surface area (Å²) in [5.74, 6) is -1.57. The van der Waals surface area contributed by atoms with Crippen LogP contribution in [0.4, 0.5) is 5.13 Å². The van der Waals surface area contributed by atoms with Crippen LogP contribution in [0.3, 0.4) is 0 Å². The van der Waals surface area contributed by atoms with Crippen molar-refractivity contribution in [3.8, 4) is 0 Å². The highest BCUT2D eigenvalue weighted by Crippen LogP contribution is 2.41. The van der Waals surface area contributed by atoms with Crippen LogP contribution in [0.25, 0.3) is 0 Å². The number of hydrogen-bond donors (Lipinski definition) is 3. The number of carboxylic acid groups (broad SMARTS) is 1. The van der Waals surface area contributed by atoms with Crippen LogP contribution < -0.4 is 11.1 Å². The quantitative estimate of drug-likeness (QED) is 0.194. The minimum atomic E-state index is -1.19. The highest BCUT2D eigenvalue weighted by molar-refractivity contribution is 8.01. The number of nitrogens with zero attached hydrogens (tertiary/aromatic N) is 5. The number of oxime groups is 1. The molecule has 12 nitrogen and oxygen atoms in total. The average Bonchev–Trinajstić information content (AvgIpc) is 3.45. The van der Waals surface area contributed by atoms with Crippen LogP contribution in [0.5, 0.6) is 0 Å². The van der Waals surface area contributed by atoms with Gasteiger partial charge in [-0.25, -0.2) is 9.78 Å². The number of carboxylic acids is 1. The third-order valence-corrected chi connectivity index (χ3v) is 8.36. The van der Waals surface area contributed by atoms with Gasteiger partial charge in [0.05, 0.1) is 6.20 Å². The normalized spacial score (nSPS) is 20.6. The number of carbonyl (C=O) groups is 3. The maximum Gasteiger partial charge on any atom is 0.352 e. The van der Waals surface area contributed by atoms with Gasteiger partial charge in [-0.1, -0.05) is 9.64 Å². The van der Waals surface area contributed by atoms with Crippen molar-refractivity contribution in [1.29, 1.82) is 0 Å². The molecule has 2 amide bonds. The summed E-state index contributed by atoms with van der Waals surface area (Å²) in [5.41, 5.74) is 6.28. The number of rotatable bonds is 8. The summed E-state index contributed by atoms with van der Waals surface area (Å²) >= 11 is 5.14. The summed E-state index contributed by atoms with van der Waals surface area (Å²) in [5, 5.41) is 21.1. The summed E-state index contributed by atoms with van der Waals surface area (Å²) in [4.78, 5) is 47.5. The molecule has 16 heteroatoms. The van der Waals surface area contributed by atoms with E-state index in [4.69, 9.17) is 10.6 Å². The molecule has 0 aromatic carbocycles. The van der Waals surface area contributed by atoms with E-state index in [2.05, 4.69) is 25.0 Å². The largest absolute Gasteiger partial charge is 0.477 e. The van der Waals surface area contributed by atoms with E-state index in [1.165, 1.54) is 47.1 Å². The number of aliphatic carboxylic acids is 1. The summed E-state index contributed by atoms with van der Waals surface area (Å²) < 4.78 is 4.63. The molecule has 0 saturated carbocycles. The number of anilines is 1. The molecular formula is C16H15N7O5S4. The lowest BCUT2D eigenvalue weighted by molar-refractivity contribution is -0.150. The minimum absolute atomic E-state index is 0.0488. The molecule has 1 fully saturated rings. The van der Waals surface area contributed by atoms with Gasteiger partial charge in [-0.3, -0.25) is 14.5 Å². The molecule has 2 atom stereocenters. The number of nitrogens with one attached hydrogen (secondary N) is 1. The molecule has 0 bridgehead atoms. The zero-order chi connectivity index (χ0) is 22.8. The summed E-state index contributed by atoms with van der Waals surface area (Å²) in [6.45, 7) is 0. The van der Waals surface area contributed by atoms with Crippen molar-refractivity contribution in [2.45, 2.75) is 15.6 Å². The van der Waals surface area contributed by atoms with E-state index < -0.39 is 29.2 Å². The molecule has 2 unspecified atom stereocenters. The SMILES string of the molecule is CO/N=C(\C(=O)NC1C(=O)N2C(C(=O)O)=C(CSc3cnns3)CSC12)c1csc(N)n1. The molecule has 0 radical (unpaired) electrons. The van der Waals surface area contributed by atoms with E-state index in [1.54, 1.807) is 11.6 Å². The second kappa shape index (κ2) is 9.43. The molecule has 4 heterocycles. The lowest BCUT2D eigenvalue weighted by Gasteiger charge is -2.49. The van der Waals surface area contributed by atoms with Crippen molar-refractivity contribution in [2.75, 3.05) is 24.3 Å². The van der Waals surface area contributed by atoms with E-state index in [0.717, 1.165) is 15.5 Å². The monoisotopic (exact) mass is 513 g/mol. The molecule has 2 aliphatic rings. The number of amides is 2. The third kappa shape index (κ3) is 4.30. The Morgan fingerprint density at radius 1 is 1.50 bits per heavy atom. The van der Waals surface area contributed by atoms with Gasteiger partial charge in [0.15, 0.2) is 10.8 Å². The van der Waals surface area contributed by atoms with E-state index in [9.17, 15) is 19.5 Å². The molecular weight excluding hydrogens is 498 g/mol. The van der Waals surface area contributed by atoms with Crippen LogP contribution in [0.2, 0.25) is 0 Å². The van der Waals surface area contributed by atoms with E-state index in [-0.39, 0.29) is 22.2 Å². The number of β-lactam (4-membered cyclic amide) rings is 1. The molecule has 2 aromatic rings. The fraction of sp³-hybridized carbons (Fsp3) is 0.312. The lowest BCUT2D eigenvalue weighted by atomic mass is 10.0. The van der Waals surface area contributed by atoms with Crippen LogP contribution in [0.1, 0.15) is 5.69 Å². The van der Waals surface area contributed by atoms with Gasteiger partial charge in [0.25, 0.3) is 11.8 Å². The molecule has 2 aliphatic heterocycles. The first kappa shape index (κ1) is 22.5. The summed E-state index contributed by atoms with van der Waals surface area (Å²) in [7, 11) is 1.28. The molecule has 0 spiro atoms. The van der Waals surface area contributed by atoms with Crippen molar-refractivity contribution < 1.29 is 24.3 Å². The Bertz CT molecular complexity index is 1120. The van der Waals surface area contributed by atoms with Gasteiger partial charge in [-0.2, -0.15) is 0 Å². The average molecular weight is 514 g/mol. The first-order chi connectivity index (χ1) is 15.4. The first-order valence-corrected chi connectivity index (χ1v) is 12.5. The minimum Gasteiger partial charge on any atom is -0.477 e. The van der Waals surface area contributed by atoms with E-state index in [0.29, 0.717) is 17.1 Å². The molecule has 32 heavy (non-hydrogen) atoms. The molecule has 4 N–H and O–H groups in total. The van der Waals surface area contributed by atoms with E-state index in [1.807, 2.05) is 0 Å². The Labute approximate surface area is 197 Å². The maximum absolute atomic E-state index is 12.8. The van der Waals surface area contributed by atoms with Crippen molar-refractivity contribution in [1.82, 2.24) is 24.8 Å². The first-order valence-electron chi connectivity index (χ1n) is 8.84. The predicted molar refractivity (Wildman–Crippen MR) is 120 cm³/mol. The molecule has 2 aromatic heterocycles. The van der Waals surface area contributed by atoms with Crippen LogP contribution in [-0.2, 0) is 19.2 Å². The van der Waals surface area contributed by atoms with Gasteiger partial charge in [0.1, 0.15) is 34.1 Å². The molecule has 168 valence electrons. The molecule has 1 saturated heterocycles. The van der Waals surface area contributed by atoms with Crippen LogP contribution in [0, 0.1) is 0 Å². The number of thiazole rings is 1. The second-order valence-electron chi connectivity index (χ2n) is 6.34. The fourth-order valence-electron chi connectivity index (χ4n) is 3.08. The van der Waals surface area contributed by atoms with Crippen molar-refractivity contribution >= 4 is 75.0 Å². The van der Waals surface area contributed by atoms with Crippen molar-refractivity contribution in [2.24, 2.45) is 5.16 Å². The van der Waals surface area contributed by atoms with Crippen LogP contribution in [0.15, 0.2) is 32.2 Å². The highest BCUT2D eigenvalue weighted by atomic mass is 32.2. The molecule has 0 aliphatic carbocycles. The standard InChI is InChI=1S/C16H15N7O5S4/c1-28-21-9(7-5-31-16(17)19-7)12(24)20-10-13(25)23-11(15(26)27)6(4-30-14(10)23)3-29-8-2-18-22-32-8/h2,5,10,14H,3-4H2,1H3,(H2,17,19)(H,20,24)(H,26,27)/b21-9-. The lowest BCUT2D eigenvalue weighted by Crippen LogP contribution is -2.71. The summed E-state index contributed by atoms with van der Waals surface area (Å²) in [6, 6.07) is -0.903. The number of hydrogen-bond acceptors (Lipinski definition) is 13. The zero-order valence-electron chi connectivity index (χ0n) is 16.3. The molecule has 4 rings (SSSR count). The van der Waals surface area contributed by atoms with Gasteiger partial charge in [-0.05, 0) is 17.1 Å². The Kier molecular flexibility index (Phi) is 6.63. The highest BCUT2D eigenvalue weighted by Gasteiger charge is 2.54. The Balaban J connectivity index is 1.49. The number of aromatic nitrogens is 3. The Hall–Kier alpha value is -2.69. The Morgan fingerprint density at radius 2 is 2.31 bits per heavy atom. The number of nitrogen functional groups attached to an aromatic ring is 1. The van der Waals surface area contributed by atoms with E-state index >= 15 is 0 Å². The summed E-state index contributed by atoms with van der Waals surface area (Å²) in [6.07, 6.45) is 1.60. The smallest absolute Gasteiger partial charge is 0.352 e. The maximum atomic E-state index is 12.8. The zero-order valence-corrected chi connectivity index (χ0v) is 19.5. The van der Waals surface area contributed by atoms with Gasteiger partial charge >= 0.3 is 5.97 Å². The third-order valence-electron chi connectivity index (χ3n) is 4.43. The van der Waals surface area contributed by atoms with Crippen molar-refractivity contribution in [3.63, 3.8) is 0 Å². The fourth-order valence-corrected chi connectivity index (χ4v) is 6.53. The van der Waals surface area contributed by atoms with Gasteiger partial charge in [0, 0.05) is 16.9 Å². The van der Waals surface area contributed by atoms with Crippen LogP contribution in [-0.4, -0.2) is 78.1 Å².